The number of hydrogen-bond donors (Lipinski definition) is 1. The fourth-order valence-corrected chi connectivity index (χ4v) is 2.92. The molecule has 0 saturated heterocycles. The van der Waals surface area contributed by atoms with Gasteiger partial charge in [-0.2, -0.15) is 5.10 Å². The van der Waals surface area contributed by atoms with Crippen molar-refractivity contribution in [3.05, 3.63) is 45.4 Å². The predicted octanol–water partition coefficient (Wildman–Crippen LogP) is 1.67. The molecule has 6 nitrogen and oxygen atoms in total. The van der Waals surface area contributed by atoms with Crippen LogP contribution >= 0.6 is 0 Å². The second-order valence-corrected chi connectivity index (χ2v) is 6.13. The summed E-state index contributed by atoms with van der Waals surface area (Å²) >= 11 is 0. The summed E-state index contributed by atoms with van der Waals surface area (Å²) in [5.74, 6) is 1.04. The molecular formula is C16H23N5O. The maximum Gasteiger partial charge on any atom is 0.255 e. The molecule has 3 rings (SSSR count). The summed E-state index contributed by atoms with van der Waals surface area (Å²) in [7, 11) is 0. The van der Waals surface area contributed by atoms with Gasteiger partial charge in [0.15, 0.2) is 0 Å². The zero-order valence-corrected chi connectivity index (χ0v) is 13.5. The number of aryl methyl sites for hydroxylation is 1. The third kappa shape index (κ3) is 2.83. The van der Waals surface area contributed by atoms with E-state index in [0.29, 0.717) is 6.54 Å². The highest BCUT2D eigenvalue weighted by atomic mass is 16.1. The van der Waals surface area contributed by atoms with Crippen molar-refractivity contribution in [3.8, 4) is 0 Å². The first-order chi connectivity index (χ1) is 10.6. The summed E-state index contributed by atoms with van der Waals surface area (Å²) in [5, 5.41) is 4.30. The van der Waals surface area contributed by atoms with Crippen LogP contribution in [0.15, 0.2) is 17.1 Å². The van der Waals surface area contributed by atoms with Crippen molar-refractivity contribution in [1.82, 2.24) is 24.6 Å². The summed E-state index contributed by atoms with van der Waals surface area (Å²) in [6.07, 6.45) is 2.67. The van der Waals surface area contributed by atoms with Crippen molar-refractivity contribution >= 4 is 0 Å². The molecule has 1 aliphatic heterocycles. The number of H-pyrrole nitrogens is 1. The Kier molecular flexibility index (Phi) is 4.11. The molecule has 0 radical (unpaired) electrons. The number of aromatic nitrogens is 4. The van der Waals surface area contributed by atoms with Gasteiger partial charge >= 0.3 is 0 Å². The zero-order chi connectivity index (χ0) is 15.7. The van der Waals surface area contributed by atoms with Crippen LogP contribution in [0, 0.1) is 0 Å². The van der Waals surface area contributed by atoms with Gasteiger partial charge < -0.3 is 4.98 Å². The topological polar surface area (TPSA) is 66.8 Å². The van der Waals surface area contributed by atoms with E-state index in [4.69, 9.17) is 0 Å². The van der Waals surface area contributed by atoms with E-state index < -0.39 is 0 Å². The average molecular weight is 301 g/mol. The summed E-state index contributed by atoms with van der Waals surface area (Å²) in [6, 6.07) is 2.05. The van der Waals surface area contributed by atoms with E-state index >= 15 is 0 Å². The molecule has 6 heteroatoms. The number of nitrogens with one attached hydrogen (secondary N) is 1. The number of fused-ring (bicyclic) bond motifs is 1. The smallest absolute Gasteiger partial charge is 0.255 e. The molecule has 0 saturated carbocycles. The van der Waals surface area contributed by atoms with Gasteiger partial charge in [-0.25, -0.2) is 4.98 Å². The zero-order valence-electron chi connectivity index (χ0n) is 13.5. The predicted molar refractivity (Wildman–Crippen MR) is 84.7 cm³/mol. The summed E-state index contributed by atoms with van der Waals surface area (Å²) in [6.45, 7) is 9.45. The summed E-state index contributed by atoms with van der Waals surface area (Å²) < 4.78 is 2.00. The Hall–Kier alpha value is -1.95. The monoisotopic (exact) mass is 301 g/mol. The lowest BCUT2D eigenvalue weighted by Crippen LogP contribution is -2.36. The number of aromatic amines is 1. The van der Waals surface area contributed by atoms with Crippen LogP contribution in [0.3, 0.4) is 0 Å². The maximum absolute atomic E-state index is 12.3. The SMILES string of the molecule is CCn1nccc1CN1CCc2nc(C(C)C)[nH]c(=O)c2C1. The Morgan fingerprint density at radius 2 is 2.23 bits per heavy atom. The van der Waals surface area contributed by atoms with Crippen molar-refractivity contribution in [2.75, 3.05) is 6.54 Å². The molecule has 1 aliphatic rings. The third-order valence-electron chi connectivity index (χ3n) is 4.20. The van der Waals surface area contributed by atoms with Gasteiger partial charge in [0.05, 0.1) is 17.0 Å². The lowest BCUT2D eigenvalue weighted by atomic mass is 10.1. The molecular weight excluding hydrogens is 278 g/mol. The largest absolute Gasteiger partial charge is 0.310 e. The first kappa shape index (κ1) is 15.0. The number of hydrogen-bond acceptors (Lipinski definition) is 4. The molecule has 0 unspecified atom stereocenters. The molecule has 0 aliphatic carbocycles. The van der Waals surface area contributed by atoms with Crippen molar-refractivity contribution in [3.63, 3.8) is 0 Å². The van der Waals surface area contributed by atoms with Gasteiger partial charge in [0.2, 0.25) is 0 Å². The lowest BCUT2D eigenvalue weighted by Gasteiger charge is -2.28. The van der Waals surface area contributed by atoms with E-state index in [1.165, 1.54) is 5.69 Å². The molecule has 0 aromatic carbocycles. The van der Waals surface area contributed by atoms with E-state index in [9.17, 15) is 4.79 Å². The van der Waals surface area contributed by atoms with E-state index in [-0.39, 0.29) is 11.5 Å². The maximum atomic E-state index is 12.3. The Bertz CT molecular complexity index is 716. The van der Waals surface area contributed by atoms with Crippen LogP contribution in [0.1, 0.15) is 49.5 Å². The van der Waals surface area contributed by atoms with Crippen LogP contribution < -0.4 is 5.56 Å². The number of nitrogens with zero attached hydrogens (tertiary/aromatic N) is 4. The number of rotatable bonds is 4. The minimum atomic E-state index is 0.0161. The van der Waals surface area contributed by atoms with Crippen molar-refractivity contribution in [2.24, 2.45) is 0 Å². The molecule has 0 amide bonds. The van der Waals surface area contributed by atoms with E-state index in [2.05, 4.69) is 26.9 Å². The lowest BCUT2D eigenvalue weighted by molar-refractivity contribution is 0.234. The summed E-state index contributed by atoms with van der Waals surface area (Å²) in [5.41, 5.74) is 2.99. The quantitative estimate of drug-likeness (QED) is 0.933. The normalized spacial score (nSPS) is 15.3. The van der Waals surface area contributed by atoms with E-state index in [1.807, 2.05) is 30.8 Å². The van der Waals surface area contributed by atoms with Gasteiger partial charge in [0, 0.05) is 44.7 Å². The highest BCUT2D eigenvalue weighted by molar-refractivity contribution is 5.21. The van der Waals surface area contributed by atoms with Gasteiger partial charge in [-0.3, -0.25) is 14.4 Å². The molecule has 0 bridgehead atoms. The molecule has 2 aromatic heterocycles. The van der Waals surface area contributed by atoms with Gasteiger partial charge in [0.25, 0.3) is 5.56 Å². The van der Waals surface area contributed by atoms with Crippen LogP contribution in [0.4, 0.5) is 0 Å². The minimum Gasteiger partial charge on any atom is -0.310 e. The van der Waals surface area contributed by atoms with Gasteiger partial charge in [0.1, 0.15) is 5.82 Å². The fraction of sp³-hybridized carbons (Fsp3) is 0.562. The van der Waals surface area contributed by atoms with Gasteiger partial charge in [-0.15, -0.1) is 0 Å². The molecule has 0 spiro atoms. The molecule has 2 aromatic rings. The highest BCUT2D eigenvalue weighted by Gasteiger charge is 2.22. The Morgan fingerprint density at radius 3 is 2.95 bits per heavy atom. The van der Waals surface area contributed by atoms with Crippen LogP contribution in [-0.4, -0.2) is 31.2 Å². The average Bonchev–Trinajstić information content (AvgIpc) is 2.94. The second-order valence-electron chi connectivity index (χ2n) is 6.13. The van der Waals surface area contributed by atoms with Crippen molar-refractivity contribution in [1.29, 1.82) is 0 Å². The Balaban J connectivity index is 1.81. The first-order valence-corrected chi connectivity index (χ1v) is 7.93. The highest BCUT2D eigenvalue weighted by Crippen LogP contribution is 2.18. The van der Waals surface area contributed by atoms with Gasteiger partial charge in [-0.05, 0) is 13.0 Å². The fourth-order valence-electron chi connectivity index (χ4n) is 2.92. The van der Waals surface area contributed by atoms with E-state index in [1.54, 1.807) is 0 Å². The van der Waals surface area contributed by atoms with Crippen LogP contribution in [0.5, 0.6) is 0 Å². The van der Waals surface area contributed by atoms with Crippen LogP contribution in [-0.2, 0) is 26.1 Å². The Labute approximate surface area is 130 Å². The third-order valence-corrected chi connectivity index (χ3v) is 4.20. The molecule has 118 valence electrons. The standard InChI is InChI=1S/C16H23N5O/c1-4-21-12(5-7-17-21)9-20-8-6-14-13(10-20)16(22)19-15(18-14)11(2)3/h5,7,11H,4,6,8-10H2,1-3H3,(H,18,19,22). The minimum absolute atomic E-state index is 0.0161. The van der Waals surface area contributed by atoms with Crippen molar-refractivity contribution in [2.45, 2.75) is 52.7 Å². The molecule has 0 fully saturated rings. The van der Waals surface area contributed by atoms with Crippen LogP contribution in [0.25, 0.3) is 0 Å². The van der Waals surface area contributed by atoms with Crippen LogP contribution in [0.2, 0.25) is 0 Å². The van der Waals surface area contributed by atoms with E-state index in [0.717, 1.165) is 43.1 Å². The first-order valence-electron chi connectivity index (χ1n) is 7.93. The second kappa shape index (κ2) is 6.04. The molecule has 22 heavy (non-hydrogen) atoms. The van der Waals surface area contributed by atoms with Crippen molar-refractivity contribution < 1.29 is 0 Å². The molecule has 3 heterocycles. The molecule has 0 atom stereocenters. The molecule has 1 N–H and O–H groups in total. The summed E-state index contributed by atoms with van der Waals surface area (Å²) in [4.78, 5) is 22.2. The Morgan fingerprint density at radius 1 is 1.41 bits per heavy atom. The van der Waals surface area contributed by atoms with Gasteiger partial charge in [-0.1, -0.05) is 13.8 Å².